The minimum absolute atomic E-state index is 0.0177. The second-order valence-corrected chi connectivity index (χ2v) is 3.99. The zero-order valence-corrected chi connectivity index (χ0v) is 10.7. The van der Waals surface area contributed by atoms with E-state index in [4.69, 9.17) is 0 Å². The zero-order chi connectivity index (χ0) is 13.9. The summed E-state index contributed by atoms with van der Waals surface area (Å²) in [6.07, 6.45) is 0. The van der Waals surface area contributed by atoms with Crippen molar-refractivity contribution in [1.29, 1.82) is 0 Å². The minimum Gasteiger partial charge on any atom is -0.464 e. The standard InChI is InChI=1S/C11H15N3O4/c1-7(2)13(3)10-9(14(16)17)6-5-8(12-10)11(15)18-4/h5-7H,1-4H3. The largest absolute Gasteiger partial charge is 0.464 e. The second-order valence-electron chi connectivity index (χ2n) is 3.99. The number of carbonyl (C=O) groups is 1. The summed E-state index contributed by atoms with van der Waals surface area (Å²) < 4.78 is 4.54. The molecule has 18 heavy (non-hydrogen) atoms. The minimum atomic E-state index is -0.622. The quantitative estimate of drug-likeness (QED) is 0.460. The number of nitrogens with zero attached hydrogens (tertiary/aromatic N) is 3. The monoisotopic (exact) mass is 253 g/mol. The van der Waals surface area contributed by atoms with Gasteiger partial charge in [0, 0.05) is 19.2 Å². The lowest BCUT2D eigenvalue weighted by Gasteiger charge is -2.22. The van der Waals surface area contributed by atoms with Crippen LogP contribution in [0.1, 0.15) is 24.3 Å². The summed E-state index contributed by atoms with van der Waals surface area (Å²) in [5.41, 5.74) is -0.0931. The second kappa shape index (κ2) is 5.44. The number of esters is 1. The molecular weight excluding hydrogens is 238 g/mol. The van der Waals surface area contributed by atoms with Gasteiger partial charge in [0.05, 0.1) is 12.0 Å². The van der Waals surface area contributed by atoms with Crippen LogP contribution in [0.25, 0.3) is 0 Å². The van der Waals surface area contributed by atoms with Crippen molar-refractivity contribution in [2.45, 2.75) is 19.9 Å². The third-order valence-corrected chi connectivity index (χ3v) is 2.55. The first-order valence-corrected chi connectivity index (χ1v) is 5.35. The van der Waals surface area contributed by atoms with Crippen LogP contribution >= 0.6 is 0 Å². The van der Waals surface area contributed by atoms with Gasteiger partial charge in [0.2, 0.25) is 5.82 Å². The van der Waals surface area contributed by atoms with Crippen molar-refractivity contribution < 1.29 is 14.5 Å². The van der Waals surface area contributed by atoms with Crippen molar-refractivity contribution in [3.05, 3.63) is 27.9 Å². The van der Waals surface area contributed by atoms with Crippen LogP contribution in [-0.4, -0.2) is 36.1 Å². The lowest BCUT2D eigenvalue weighted by atomic mass is 10.2. The number of nitro groups is 1. The number of anilines is 1. The first-order chi connectivity index (χ1) is 8.38. The predicted octanol–water partition coefficient (Wildman–Crippen LogP) is 1.62. The summed E-state index contributed by atoms with van der Waals surface area (Å²) in [5.74, 6) is -0.471. The number of carbonyl (C=O) groups excluding carboxylic acids is 1. The van der Waals surface area contributed by atoms with E-state index in [1.807, 2.05) is 13.8 Å². The van der Waals surface area contributed by atoms with E-state index in [0.717, 1.165) is 0 Å². The summed E-state index contributed by atoms with van der Waals surface area (Å²) in [6, 6.07) is 2.55. The maximum absolute atomic E-state index is 11.4. The molecule has 7 nitrogen and oxygen atoms in total. The molecule has 98 valence electrons. The number of hydrogen-bond acceptors (Lipinski definition) is 6. The van der Waals surface area contributed by atoms with E-state index < -0.39 is 10.9 Å². The molecule has 0 atom stereocenters. The van der Waals surface area contributed by atoms with Gasteiger partial charge < -0.3 is 9.64 Å². The SMILES string of the molecule is COC(=O)c1ccc([N+](=O)[O-])c(N(C)C(C)C)n1. The van der Waals surface area contributed by atoms with Gasteiger partial charge in [-0.1, -0.05) is 0 Å². The Balaban J connectivity index is 3.32. The molecule has 0 saturated heterocycles. The van der Waals surface area contributed by atoms with E-state index >= 15 is 0 Å². The third-order valence-electron chi connectivity index (χ3n) is 2.55. The Morgan fingerprint density at radius 1 is 1.50 bits per heavy atom. The molecule has 1 aromatic heterocycles. The lowest BCUT2D eigenvalue weighted by molar-refractivity contribution is -0.384. The molecule has 0 aromatic carbocycles. The van der Waals surface area contributed by atoms with Gasteiger partial charge in [-0.05, 0) is 19.9 Å². The molecule has 1 rings (SSSR count). The van der Waals surface area contributed by atoms with Gasteiger partial charge in [-0.15, -0.1) is 0 Å². The van der Waals surface area contributed by atoms with Crippen LogP contribution < -0.4 is 4.90 Å². The molecule has 0 aliphatic rings. The number of hydrogen-bond donors (Lipinski definition) is 0. The van der Waals surface area contributed by atoms with Crippen LogP contribution in [0.5, 0.6) is 0 Å². The van der Waals surface area contributed by atoms with Crippen molar-refractivity contribution in [2.24, 2.45) is 0 Å². The van der Waals surface area contributed by atoms with Gasteiger partial charge in [0.15, 0.2) is 5.69 Å². The van der Waals surface area contributed by atoms with Crippen molar-refractivity contribution in [3.8, 4) is 0 Å². The first-order valence-electron chi connectivity index (χ1n) is 5.35. The van der Waals surface area contributed by atoms with E-state index in [-0.39, 0.29) is 23.2 Å². The summed E-state index contributed by atoms with van der Waals surface area (Å²) in [7, 11) is 2.91. The molecule has 7 heteroatoms. The maximum atomic E-state index is 11.4. The van der Waals surface area contributed by atoms with E-state index in [0.29, 0.717) is 0 Å². The van der Waals surface area contributed by atoms with Gasteiger partial charge in [-0.3, -0.25) is 10.1 Å². The van der Waals surface area contributed by atoms with Crippen LogP contribution in [0, 0.1) is 10.1 Å². The number of ether oxygens (including phenoxy) is 1. The number of pyridine rings is 1. The fraction of sp³-hybridized carbons (Fsp3) is 0.455. The van der Waals surface area contributed by atoms with Gasteiger partial charge in [0.25, 0.3) is 0 Å². The average molecular weight is 253 g/mol. The molecule has 0 radical (unpaired) electrons. The molecular formula is C11H15N3O4. The fourth-order valence-corrected chi connectivity index (χ4v) is 1.31. The molecule has 0 aliphatic carbocycles. The molecule has 0 fully saturated rings. The van der Waals surface area contributed by atoms with Gasteiger partial charge in [0.1, 0.15) is 0 Å². The lowest BCUT2D eigenvalue weighted by Crippen LogP contribution is -2.28. The van der Waals surface area contributed by atoms with Gasteiger partial charge in [-0.25, -0.2) is 9.78 Å². The molecule has 0 aliphatic heterocycles. The molecule has 0 N–H and O–H groups in total. The van der Waals surface area contributed by atoms with E-state index in [1.54, 1.807) is 11.9 Å². The summed E-state index contributed by atoms with van der Waals surface area (Å²) in [4.78, 5) is 27.4. The Labute approximate surface area is 105 Å². The normalized spacial score (nSPS) is 10.3. The van der Waals surface area contributed by atoms with Crippen molar-refractivity contribution in [2.75, 3.05) is 19.1 Å². The van der Waals surface area contributed by atoms with Gasteiger partial charge >= 0.3 is 11.7 Å². The van der Waals surface area contributed by atoms with Crippen LogP contribution in [0.15, 0.2) is 12.1 Å². The highest BCUT2D eigenvalue weighted by molar-refractivity contribution is 5.88. The van der Waals surface area contributed by atoms with Crippen LogP contribution in [0.3, 0.4) is 0 Å². The Morgan fingerprint density at radius 3 is 2.56 bits per heavy atom. The Hall–Kier alpha value is -2.18. The van der Waals surface area contributed by atoms with Crippen molar-refractivity contribution in [3.63, 3.8) is 0 Å². The van der Waals surface area contributed by atoms with Gasteiger partial charge in [-0.2, -0.15) is 0 Å². The highest BCUT2D eigenvalue weighted by Crippen LogP contribution is 2.26. The molecule has 0 saturated carbocycles. The Kier molecular flexibility index (Phi) is 4.19. The molecule has 0 bridgehead atoms. The average Bonchev–Trinajstić information content (AvgIpc) is 2.35. The summed E-state index contributed by atoms with van der Waals surface area (Å²) >= 11 is 0. The molecule has 1 heterocycles. The fourth-order valence-electron chi connectivity index (χ4n) is 1.31. The topological polar surface area (TPSA) is 85.6 Å². The number of rotatable bonds is 4. The number of methoxy groups -OCH3 is 1. The molecule has 0 amide bonds. The summed E-state index contributed by atoms with van der Waals surface area (Å²) in [6.45, 7) is 3.74. The molecule has 1 aromatic rings. The van der Waals surface area contributed by atoms with Crippen LogP contribution in [-0.2, 0) is 4.74 Å². The summed E-state index contributed by atoms with van der Waals surface area (Å²) in [5, 5.41) is 10.9. The van der Waals surface area contributed by atoms with E-state index in [2.05, 4.69) is 9.72 Å². The van der Waals surface area contributed by atoms with E-state index in [9.17, 15) is 14.9 Å². The maximum Gasteiger partial charge on any atom is 0.356 e. The zero-order valence-electron chi connectivity index (χ0n) is 10.7. The van der Waals surface area contributed by atoms with E-state index in [1.165, 1.54) is 19.2 Å². The number of aromatic nitrogens is 1. The van der Waals surface area contributed by atoms with Crippen molar-refractivity contribution in [1.82, 2.24) is 4.98 Å². The first kappa shape index (κ1) is 13.9. The molecule has 0 spiro atoms. The third kappa shape index (κ3) is 2.73. The molecule has 0 unspecified atom stereocenters. The van der Waals surface area contributed by atoms with Crippen molar-refractivity contribution >= 4 is 17.5 Å². The highest BCUT2D eigenvalue weighted by Gasteiger charge is 2.23. The Bertz CT molecular complexity index is 473. The highest BCUT2D eigenvalue weighted by atomic mass is 16.6. The predicted molar refractivity (Wildman–Crippen MR) is 65.8 cm³/mol. The van der Waals surface area contributed by atoms with Crippen LogP contribution in [0.2, 0.25) is 0 Å². The Morgan fingerprint density at radius 2 is 2.11 bits per heavy atom. The smallest absolute Gasteiger partial charge is 0.356 e. The van der Waals surface area contributed by atoms with Crippen LogP contribution in [0.4, 0.5) is 11.5 Å².